The highest BCUT2D eigenvalue weighted by Gasteiger charge is 2.05. The molecule has 0 radical (unpaired) electrons. The van der Waals surface area contributed by atoms with Crippen molar-refractivity contribution < 1.29 is 5.11 Å². The van der Waals surface area contributed by atoms with Gasteiger partial charge < -0.3 is 5.11 Å². The van der Waals surface area contributed by atoms with E-state index >= 15 is 0 Å². The third kappa shape index (κ3) is 2.37. The van der Waals surface area contributed by atoms with Crippen LogP contribution in [0.5, 0.6) is 5.75 Å². The molecule has 2 nitrogen and oxygen atoms in total. The molecule has 0 fully saturated rings. The summed E-state index contributed by atoms with van der Waals surface area (Å²) in [5, 5.41) is 18.3. The summed E-state index contributed by atoms with van der Waals surface area (Å²) in [4.78, 5) is 0. The molecule has 0 spiro atoms. The zero-order valence-electron chi connectivity index (χ0n) is 7.34. The van der Waals surface area contributed by atoms with E-state index in [4.69, 9.17) is 16.9 Å². The lowest BCUT2D eigenvalue weighted by atomic mass is 10.1. The lowest BCUT2D eigenvalue weighted by molar-refractivity contribution is 0.474. The Labute approximate surface area is 82.4 Å². The van der Waals surface area contributed by atoms with Crippen LogP contribution < -0.4 is 0 Å². The van der Waals surface area contributed by atoms with Crippen LogP contribution in [0.3, 0.4) is 0 Å². The molecule has 0 bridgehead atoms. The molecule has 1 aromatic carbocycles. The standard InChI is InChI=1S/C10H10ClNO/c1-7-5-9(13)6-8(10(7)11)3-2-4-12/h5-6,13H,2-3H2,1H3. The van der Waals surface area contributed by atoms with Gasteiger partial charge in [-0.05, 0) is 36.6 Å². The maximum absolute atomic E-state index is 9.28. The van der Waals surface area contributed by atoms with Gasteiger partial charge in [0.05, 0.1) is 6.07 Å². The van der Waals surface area contributed by atoms with Crippen LogP contribution in [0.4, 0.5) is 0 Å². The summed E-state index contributed by atoms with van der Waals surface area (Å²) in [7, 11) is 0. The maximum atomic E-state index is 9.28. The Morgan fingerprint density at radius 3 is 2.85 bits per heavy atom. The minimum absolute atomic E-state index is 0.204. The van der Waals surface area contributed by atoms with Gasteiger partial charge in [0.1, 0.15) is 5.75 Å². The summed E-state index contributed by atoms with van der Waals surface area (Å²) < 4.78 is 0. The highest BCUT2D eigenvalue weighted by Crippen LogP contribution is 2.26. The first kappa shape index (κ1) is 9.88. The fraction of sp³-hybridized carbons (Fsp3) is 0.300. The minimum Gasteiger partial charge on any atom is -0.508 e. The molecule has 0 aliphatic carbocycles. The predicted molar refractivity (Wildman–Crippen MR) is 51.8 cm³/mol. The number of phenolic OH excluding ortho intramolecular Hbond substituents is 1. The van der Waals surface area contributed by atoms with E-state index < -0.39 is 0 Å². The van der Waals surface area contributed by atoms with Crippen molar-refractivity contribution in [2.45, 2.75) is 19.8 Å². The number of nitrogens with zero attached hydrogens (tertiary/aromatic N) is 1. The quantitative estimate of drug-likeness (QED) is 0.789. The van der Waals surface area contributed by atoms with Crippen molar-refractivity contribution in [2.24, 2.45) is 0 Å². The fourth-order valence-electron chi connectivity index (χ4n) is 1.19. The molecule has 1 rings (SSSR count). The third-order valence-corrected chi connectivity index (χ3v) is 2.36. The number of hydrogen-bond donors (Lipinski definition) is 1. The van der Waals surface area contributed by atoms with Gasteiger partial charge in [0.15, 0.2) is 0 Å². The molecule has 1 N–H and O–H groups in total. The first-order chi connectivity index (χ1) is 6.15. The first-order valence-corrected chi connectivity index (χ1v) is 4.38. The second kappa shape index (κ2) is 4.15. The summed E-state index contributed by atoms with van der Waals surface area (Å²) in [6, 6.07) is 5.26. The van der Waals surface area contributed by atoms with Crippen molar-refractivity contribution in [3.8, 4) is 11.8 Å². The topological polar surface area (TPSA) is 44.0 Å². The molecule has 0 aliphatic heterocycles. The smallest absolute Gasteiger partial charge is 0.116 e. The SMILES string of the molecule is Cc1cc(O)cc(CCC#N)c1Cl. The van der Waals surface area contributed by atoms with Crippen LogP contribution in [-0.4, -0.2) is 5.11 Å². The molecular weight excluding hydrogens is 186 g/mol. The van der Waals surface area contributed by atoms with Gasteiger partial charge in [0.2, 0.25) is 0 Å². The van der Waals surface area contributed by atoms with Crippen LogP contribution in [0.25, 0.3) is 0 Å². The Hall–Kier alpha value is -1.20. The summed E-state index contributed by atoms with van der Waals surface area (Å²) in [5.41, 5.74) is 1.68. The molecule has 0 amide bonds. The van der Waals surface area contributed by atoms with Gasteiger partial charge in [-0.3, -0.25) is 0 Å². The Bertz CT molecular complexity index is 355. The summed E-state index contributed by atoms with van der Waals surface area (Å²) in [5.74, 6) is 0.204. The fourth-order valence-corrected chi connectivity index (χ4v) is 1.40. The molecule has 3 heteroatoms. The van der Waals surface area contributed by atoms with Crippen molar-refractivity contribution in [3.63, 3.8) is 0 Å². The summed E-state index contributed by atoms with van der Waals surface area (Å²) in [6.07, 6.45) is 1.01. The minimum atomic E-state index is 0.204. The van der Waals surface area contributed by atoms with E-state index in [1.54, 1.807) is 12.1 Å². The van der Waals surface area contributed by atoms with Crippen LogP contribution in [0.1, 0.15) is 17.5 Å². The Morgan fingerprint density at radius 1 is 1.54 bits per heavy atom. The van der Waals surface area contributed by atoms with Gasteiger partial charge in [-0.2, -0.15) is 5.26 Å². The van der Waals surface area contributed by atoms with Gasteiger partial charge in [0, 0.05) is 11.4 Å². The summed E-state index contributed by atoms with van der Waals surface area (Å²) >= 11 is 5.98. The van der Waals surface area contributed by atoms with E-state index in [2.05, 4.69) is 0 Å². The molecule has 0 saturated heterocycles. The lowest BCUT2D eigenvalue weighted by Gasteiger charge is -2.05. The predicted octanol–water partition coefficient (Wildman–Crippen LogP) is 2.81. The number of phenols is 1. The van der Waals surface area contributed by atoms with Crippen LogP contribution in [0.2, 0.25) is 5.02 Å². The molecule has 0 atom stereocenters. The van der Waals surface area contributed by atoms with Crippen LogP contribution >= 0.6 is 11.6 Å². The van der Waals surface area contributed by atoms with Crippen LogP contribution in [0, 0.1) is 18.3 Å². The zero-order chi connectivity index (χ0) is 9.84. The zero-order valence-corrected chi connectivity index (χ0v) is 8.10. The lowest BCUT2D eigenvalue weighted by Crippen LogP contribution is -1.88. The highest BCUT2D eigenvalue weighted by atomic mass is 35.5. The maximum Gasteiger partial charge on any atom is 0.116 e. The van der Waals surface area contributed by atoms with E-state index in [0.717, 1.165) is 11.1 Å². The molecular formula is C10H10ClNO. The number of nitriles is 1. The monoisotopic (exact) mass is 195 g/mol. The third-order valence-electron chi connectivity index (χ3n) is 1.82. The molecule has 0 aliphatic rings. The van der Waals surface area contributed by atoms with Crippen molar-refractivity contribution >= 4 is 11.6 Å². The molecule has 1 aromatic rings. The Morgan fingerprint density at radius 2 is 2.23 bits per heavy atom. The van der Waals surface area contributed by atoms with Gasteiger partial charge in [-0.15, -0.1) is 0 Å². The van der Waals surface area contributed by atoms with E-state index in [-0.39, 0.29) is 5.75 Å². The van der Waals surface area contributed by atoms with Gasteiger partial charge in [-0.25, -0.2) is 0 Å². The first-order valence-electron chi connectivity index (χ1n) is 4.00. The molecule has 0 unspecified atom stereocenters. The molecule has 13 heavy (non-hydrogen) atoms. The number of aryl methyl sites for hydroxylation is 2. The van der Waals surface area contributed by atoms with Crippen molar-refractivity contribution in [1.29, 1.82) is 5.26 Å². The number of hydrogen-bond acceptors (Lipinski definition) is 2. The molecule has 68 valence electrons. The average Bonchev–Trinajstić information content (AvgIpc) is 2.09. The number of halogens is 1. The Kier molecular flexibility index (Phi) is 3.16. The number of aromatic hydroxyl groups is 1. The van der Waals surface area contributed by atoms with E-state index in [9.17, 15) is 5.11 Å². The molecule has 0 heterocycles. The highest BCUT2D eigenvalue weighted by molar-refractivity contribution is 6.32. The van der Waals surface area contributed by atoms with Crippen molar-refractivity contribution in [1.82, 2.24) is 0 Å². The van der Waals surface area contributed by atoms with Crippen LogP contribution in [-0.2, 0) is 6.42 Å². The van der Waals surface area contributed by atoms with Gasteiger partial charge in [-0.1, -0.05) is 11.6 Å². The van der Waals surface area contributed by atoms with Gasteiger partial charge >= 0.3 is 0 Å². The number of rotatable bonds is 2. The van der Waals surface area contributed by atoms with E-state index in [1.165, 1.54) is 0 Å². The van der Waals surface area contributed by atoms with E-state index in [1.807, 2.05) is 13.0 Å². The van der Waals surface area contributed by atoms with Gasteiger partial charge in [0.25, 0.3) is 0 Å². The molecule has 0 saturated carbocycles. The van der Waals surface area contributed by atoms with Crippen LogP contribution in [0.15, 0.2) is 12.1 Å². The second-order valence-electron chi connectivity index (χ2n) is 2.89. The number of benzene rings is 1. The molecule has 0 aromatic heterocycles. The summed E-state index contributed by atoms with van der Waals surface area (Å²) in [6.45, 7) is 1.83. The van der Waals surface area contributed by atoms with Crippen molar-refractivity contribution in [2.75, 3.05) is 0 Å². The Balaban J connectivity index is 3.00. The largest absolute Gasteiger partial charge is 0.508 e. The van der Waals surface area contributed by atoms with E-state index in [0.29, 0.717) is 17.9 Å². The van der Waals surface area contributed by atoms with Crippen molar-refractivity contribution in [3.05, 3.63) is 28.3 Å². The second-order valence-corrected chi connectivity index (χ2v) is 3.27. The average molecular weight is 196 g/mol. The normalized spacial score (nSPS) is 9.62.